The van der Waals surface area contributed by atoms with Crippen LogP contribution in [0, 0.1) is 11.8 Å². The van der Waals surface area contributed by atoms with Crippen LogP contribution in [0.25, 0.3) is 0 Å². The highest BCUT2D eigenvalue weighted by atomic mass is 16.6. The molecule has 2 aliphatic carbocycles. The average Bonchev–Trinajstić information content (AvgIpc) is 2.98. The van der Waals surface area contributed by atoms with Crippen LogP contribution >= 0.6 is 0 Å². The van der Waals surface area contributed by atoms with E-state index in [0.717, 1.165) is 25.4 Å². The molecule has 2 fully saturated rings. The minimum atomic E-state index is -0.326. The number of para-hydroxylation sites is 1. The van der Waals surface area contributed by atoms with E-state index < -0.39 is 0 Å². The Morgan fingerprint density at radius 2 is 1.46 bits per heavy atom. The number of benzene rings is 3. The van der Waals surface area contributed by atoms with Crippen LogP contribution in [0.3, 0.4) is 0 Å². The fourth-order valence-electron chi connectivity index (χ4n) is 6.60. The summed E-state index contributed by atoms with van der Waals surface area (Å²) < 4.78 is 5.67. The Kier molecular flexibility index (Phi) is 7.64. The predicted molar refractivity (Wildman–Crippen MR) is 157 cm³/mol. The Balaban J connectivity index is 1.31. The number of amides is 1. The first kappa shape index (κ1) is 25.6. The molecule has 3 aliphatic rings. The molecule has 0 spiro atoms. The minimum absolute atomic E-state index is 0.271. The van der Waals surface area contributed by atoms with Gasteiger partial charge in [0.15, 0.2) is 0 Å². The highest BCUT2D eigenvalue weighted by molar-refractivity contribution is 5.70. The molecule has 200 valence electrons. The van der Waals surface area contributed by atoms with Gasteiger partial charge in [-0.2, -0.15) is 0 Å². The monoisotopic (exact) mass is 518 g/mol. The van der Waals surface area contributed by atoms with Crippen molar-refractivity contribution >= 4 is 6.09 Å². The quantitative estimate of drug-likeness (QED) is 0.331. The van der Waals surface area contributed by atoms with Crippen molar-refractivity contribution in [1.82, 2.24) is 9.80 Å². The summed E-state index contributed by atoms with van der Waals surface area (Å²) in [6.45, 7) is 2.81. The lowest BCUT2D eigenvalue weighted by Gasteiger charge is -2.52. The van der Waals surface area contributed by atoms with Crippen LogP contribution in [0.4, 0.5) is 4.79 Å². The molecule has 2 atom stereocenters. The van der Waals surface area contributed by atoms with E-state index in [1.54, 1.807) is 0 Å². The van der Waals surface area contributed by atoms with Gasteiger partial charge in [0.2, 0.25) is 0 Å². The molecule has 39 heavy (non-hydrogen) atoms. The van der Waals surface area contributed by atoms with Crippen LogP contribution in [-0.2, 0) is 12.0 Å². The molecule has 0 bridgehead atoms. The van der Waals surface area contributed by atoms with Crippen molar-refractivity contribution < 1.29 is 9.53 Å². The van der Waals surface area contributed by atoms with Gasteiger partial charge in [-0.3, -0.25) is 4.90 Å². The van der Waals surface area contributed by atoms with Gasteiger partial charge in [0, 0.05) is 32.1 Å². The van der Waals surface area contributed by atoms with Gasteiger partial charge in [-0.15, -0.1) is 0 Å². The SMILES string of the molecule is O=C(Oc1ccccc1)N1CCN(C(c2ccccc2)(c2ccc(CC3CCC3)cc2)C2C=CC=CC2)CC1. The second-order valence-corrected chi connectivity index (χ2v) is 11.1. The lowest BCUT2D eigenvalue weighted by Crippen LogP contribution is -2.59. The van der Waals surface area contributed by atoms with Crippen molar-refractivity contribution in [2.24, 2.45) is 11.8 Å². The van der Waals surface area contributed by atoms with E-state index in [1.165, 1.54) is 42.4 Å². The Labute approximate surface area is 232 Å². The van der Waals surface area contributed by atoms with E-state index in [1.807, 2.05) is 35.2 Å². The molecule has 6 rings (SSSR count). The maximum absolute atomic E-state index is 13.0. The fourth-order valence-corrected chi connectivity index (χ4v) is 6.60. The number of hydrogen-bond donors (Lipinski definition) is 0. The van der Waals surface area contributed by atoms with Crippen molar-refractivity contribution in [1.29, 1.82) is 0 Å². The Bertz CT molecular complexity index is 1290. The Hall–Kier alpha value is -3.63. The van der Waals surface area contributed by atoms with Crippen molar-refractivity contribution in [2.45, 2.75) is 37.6 Å². The summed E-state index contributed by atoms with van der Waals surface area (Å²) in [5.41, 5.74) is 3.75. The number of nitrogens with zero attached hydrogens (tertiary/aromatic N) is 2. The summed E-state index contributed by atoms with van der Waals surface area (Å²) in [6, 6.07) is 29.8. The van der Waals surface area contributed by atoms with Gasteiger partial charge < -0.3 is 9.64 Å². The van der Waals surface area contributed by atoms with Gasteiger partial charge in [-0.1, -0.05) is 116 Å². The summed E-state index contributed by atoms with van der Waals surface area (Å²) >= 11 is 0. The third-order valence-corrected chi connectivity index (χ3v) is 8.86. The standard InChI is InChI=1S/C35H38N2O2/c38-34(39-33-17-8-3-9-18-33)36-23-25-37(26-24-36)35(30-13-4-1-5-14-30,31-15-6-2-7-16-31)32-21-19-29(20-22-32)27-28-11-10-12-28/h1-9,13-15,17-22,28,31H,10-12,16,23-27H2. The zero-order valence-electron chi connectivity index (χ0n) is 22.6. The number of piperazine rings is 1. The van der Waals surface area contributed by atoms with E-state index >= 15 is 0 Å². The van der Waals surface area contributed by atoms with Crippen LogP contribution in [0.15, 0.2) is 109 Å². The third-order valence-electron chi connectivity index (χ3n) is 8.86. The predicted octanol–water partition coefficient (Wildman–Crippen LogP) is 7.22. The molecule has 0 N–H and O–H groups in total. The highest BCUT2D eigenvalue weighted by Gasteiger charge is 2.47. The number of hydrogen-bond acceptors (Lipinski definition) is 3. The maximum atomic E-state index is 13.0. The minimum Gasteiger partial charge on any atom is -0.410 e. The second-order valence-electron chi connectivity index (χ2n) is 11.1. The van der Waals surface area contributed by atoms with Crippen LogP contribution in [0.2, 0.25) is 0 Å². The molecular formula is C35H38N2O2. The molecule has 1 aliphatic heterocycles. The van der Waals surface area contributed by atoms with Gasteiger partial charge in [-0.25, -0.2) is 4.79 Å². The van der Waals surface area contributed by atoms with Crippen molar-refractivity contribution in [2.75, 3.05) is 26.2 Å². The highest BCUT2D eigenvalue weighted by Crippen LogP contribution is 2.46. The van der Waals surface area contributed by atoms with Gasteiger partial charge in [0.1, 0.15) is 5.75 Å². The number of ether oxygens (including phenoxy) is 1. The third kappa shape index (κ3) is 5.31. The molecule has 4 nitrogen and oxygen atoms in total. The molecule has 3 aromatic rings. The molecule has 0 aromatic heterocycles. The van der Waals surface area contributed by atoms with E-state index in [-0.39, 0.29) is 17.6 Å². The molecule has 1 amide bonds. The Morgan fingerprint density at radius 3 is 2.08 bits per heavy atom. The zero-order chi connectivity index (χ0) is 26.5. The van der Waals surface area contributed by atoms with E-state index in [2.05, 4.69) is 83.8 Å². The molecule has 4 heteroatoms. The molecule has 1 saturated carbocycles. The number of carbonyl (C=O) groups excluding carboxylic acids is 1. The lowest BCUT2D eigenvalue weighted by atomic mass is 9.68. The van der Waals surface area contributed by atoms with Crippen molar-refractivity contribution in [3.63, 3.8) is 0 Å². The van der Waals surface area contributed by atoms with Crippen molar-refractivity contribution in [3.8, 4) is 5.75 Å². The van der Waals surface area contributed by atoms with Crippen LogP contribution < -0.4 is 4.74 Å². The maximum Gasteiger partial charge on any atom is 0.415 e. The second kappa shape index (κ2) is 11.6. The first-order chi connectivity index (χ1) is 19.2. The smallest absolute Gasteiger partial charge is 0.410 e. The molecular weight excluding hydrogens is 480 g/mol. The number of allylic oxidation sites excluding steroid dienone is 3. The summed E-state index contributed by atoms with van der Waals surface area (Å²) in [5.74, 6) is 1.72. The van der Waals surface area contributed by atoms with Crippen LogP contribution in [0.1, 0.15) is 42.4 Å². The first-order valence-electron chi connectivity index (χ1n) is 14.5. The fraction of sp³-hybridized carbons (Fsp3) is 0.343. The first-order valence-corrected chi connectivity index (χ1v) is 14.5. The van der Waals surface area contributed by atoms with Gasteiger partial charge in [0.05, 0.1) is 5.54 Å². The van der Waals surface area contributed by atoms with Gasteiger partial charge in [-0.05, 0) is 47.6 Å². The van der Waals surface area contributed by atoms with E-state index in [9.17, 15) is 4.79 Å². The zero-order valence-corrected chi connectivity index (χ0v) is 22.6. The molecule has 2 unspecified atom stereocenters. The molecule has 1 saturated heterocycles. The van der Waals surface area contributed by atoms with Crippen LogP contribution in [0.5, 0.6) is 5.75 Å². The van der Waals surface area contributed by atoms with Gasteiger partial charge in [0.25, 0.3) is 0 Å². The van der Waals surface area contributed by atoms with Gasteiger partial charge >= 0.3 is 6.09 Å². The number of carbonyl (C=O) groups is 1. The Morgan fingerprint density at radius 1 is 0.795 bits per heavy atom. The largest absolute Gasteiger partial charge is 0.415 e. The number of rotatable bonds is 7. The van der Waals surface area contributed by atoms with Crippen molar-refractivity contribution in [3.05, 3.63) is 126 Å². The molecule has 0 radical (unpaired) electrons. The summed E-state index contributed by atoms with van der Waals surface area (Å²) in [5, 5.41) is 0. The summed E-state index contributed by atoms with van der Waals surface area (Å²) in [6.07, 6.45) is 15.0. The van der Waals surface area contributed by atoms with Crippen LogP contribution in [-0.4, -0.2) is 42.1 Å². The van der Waals surface area contributed by atoms with E-state index in [0.29, 0.717) is 18.8 Å². The normalized spacial score (nSPS) is 21.2. The molecule has 1 heterocycles. The average molecular weight is 519 g/mol. The summed E-state index contributed by atoms with van der Waals surface area (Å²) in [4.78, 5) is 17.4. The topological polar surface area (TPSA) is 32.8 Å². The van der Waals surface area contributed by atoms with E-state index in [4.69, 9.17) is 4.74 Å². The lowest BCUT2D eigenvalue weighted by molar-refractivity contribution is 0.0315. The molecule has 3 aromatic carbocycles. The summed E-state index contributed by atoms with van der Waals surface area (Å²) in [7, 11) is 0.